The molecular weight excluding hydrogens is 510 g/mol. The molecule has 0 unspecified atom stereocenters. The van der Waals surface area contributed by atoms with Crippen LogP contribution in [0.25, 0.3) is 50.1 Å². The van der Waals surface area contributed by atoms with Crippen LogP contribution in [0.1, 0.15) is 19.6 Å². The molecule has 7 aromatic rings. The fourth-order valence-electron chi connectivity index (χ4n) is 5.97. The molecule has 1 aromatic heterocycles. The summed E-state index contributed by atoms with van der Waals surface area (Å²) < 4.78 is 42.8. The van der Waals surface area contributed by atoms with Gasteiger partial charge in [-0.3, -0.25) is 4.57 Å². The van der Waals surface area contributed by atoms with E-state index < -0.39 is 0 Å². The smallest absolute Gasteiger partial charge is 0.114 e. The Kier molecular flexibility index (Phi) is 4.63. The first-order chi connectivity index (χ1) is 22.9. The van der Waals surface area contributed by atoms with Gasteiger partial charge in [-0.15, -0.1) is 0 Å². The molecule has 0 fully saturated rings. The van der Waals surface area contributed by atoms with Gasteiger partial charge in [-0.1, -0.05) is 116 Å². The van der Waals surface area contributed by atoms with Crippen molar-refractivity contribution in [3.05, 3.63) is 151 Å². The van der Waals surface area contributed by atoms with E-state index in [0.29, 0.717) is 5.56 Å². The van der Waals surface area contributed by atoms with Gasteiger partial charge in [0.2, 0.25) is 0 Å². The number of nitrogens with zero attached hydrogens (tertiary/aromatic N) is 3. The van der Waals surface area contributed by atoms with Crippen LogP contribution in [-0.2, 0) is 6.42 Å². The molecule has 0 N–H and O–H groups in total. The van der Waals surface area contributed by atoms with Gasteiger partial charge in [0, 0.05) is 12.1 Å². The van der Waals surface area contributed by atoms with Gasteiger partial charge in [0.25, 0.3) is 0 Å². The average Bonchev–Trinajstić information content (AvgIpc) is 3.51. The molecule has 8 rings (SSSR count). The van der Waals surface area contributed by atoms with E-state index in [-0.39, 0.29) is 35.8 Å². The molecular formula is C39H29N3. The number of hydrogen-bond donors (Lipinski definition) is 0. The summed E-state index contributed by atoms with van der Waals surface area (Å²) in [5.74, 6) is 1.03. The summed E-state index contributed by atoms with van der Waals surface area (Å²) in [7, 11) is 0. The fourth-order valence-corrected chi connectivity index (χ4v) is 5.97. The van der Waals surface area contributed by atoms with E-state index in [9.17, 15) is 0 Å². The van der Waals surface area contributed by atoms with E-state index in [1.54, 1.807) is 0 Å². The average molecular weight is 545 g/mol. The summed E-state index contributed by atoms with van der Waals surface area (Å²) in [5.41, 5.74) is 11.5. The molecule has 1 aliphatic heterocycles. The van der Waals surface area contributed by atoms with Crippen molar-refractivity contribution >= 4 is 28.1 Å². The standard InChI is InChI=1S/C39H29N3/c1-2-38-40-34-14-9-15-36-39(34)42(38)37-26-32(24-25-35(37)41(36)33-12-7-4-8-13-33)31-22-20-30(21-23-31)29-18-16-28(17-19-29)27-10-5-3-6-11-27/h3-26H,2H2,1H3/i3D,5D,6D,10D,11D. The van der Waals surface area contributed by atoms with Crippen LogP contribution < -0.4 is 4.90 Å². The molecule has 0 saturated heterocycles. The number of anilines is 3. The maximum Gasteiger partial charge on any atom is 0.114 e. The SMILES string of the molecule is [2H]c1c([2H])c([2H])c(-c2ccc(-c3ccc(-c4ccc5c(c4)-n4c(CC)nc6cccc(c64)N5c4ccccc4)cc3)cc2)c([2H])c1[2H]. The summed E-state index contributed by atoms with van der Waals surface area (Å²) in [6.45, 7) is 2.15. The first-order valence-corrected chi connectivity index (χ1v) is 14.1. The minimum atomic E-state index is -0.387. The van der Waals surface area contributed by atoms with Crippen molar-refractivity contribution in [2.45, 2.75) is 13.3 Å². The highest BCUT2D eigenvalue weighted by molar-refractivity contribution is 6.02. The Morgan fingerprint density at radius 1 is 0.571 bits per heavy atom. The fraction of sp³-hybridized carbons (Fsp3) is 0.0513. The molecule has 3 heteroatoms. The third-order valence-corrected chi connectivity index (χ3v) is 7.98. The Hall–Kier alpha value is -5.41. The highest BCUT2D eigenvalue weighted by Crippen LogP contribution is 2.48. The van der Waals surface area contributed by atoms with Gasteiger partial charge >= 0.3 is 0 Å². The lowest BCUT2D eigenvalue weighted by Crippen LogP contribution is -2.19. The number of rotatable bonds is 5. The highest BCUT2D eigenvalue weighted by atomic mass is 15.2. The van der Waals surface area contributed by atoms with Crippen LogP contribution >= 0.6 is 0 Å². The van der Waals surface area contributed by atoms with E-state index >= 15 is 0 Å². The maximum absolute atomic E-state index is 8.31. The molecule has 0 atom stereocenters. The van der Waals surface area contributed by atoms with Gasteiger partial charge < -0.3 is 4.90 Å². The monoisotopic (exact) mass is 544 g/mol. The Balaban J connectivity index is 1.17. The molecule has 0 saturated carbocycles. The van der Waals surface area contributed by atoms with E-state index in [1.165, 1.54) is 0 Å². The summed E-state index contributed by atoms with van der Waals surface area (Å²) in [4.78, 5) is 7.33. The number of hydrogen-bond acceptors (Lipinski definition) is 2. The van der Waals surface area contributed by atoms with Gasteiger partial charge in [0.15, 0.2) is 0 Å². The van der Waals surface area contributed by atoms with Crippen LogP contribution in [0.5, 0.6) is 0 Å². The molecule has 0 radical (unpaired) electrons. The minimum Gasteiger partial charge on any atom is -0.306 e. The molecule has 0 aliphatic carbocycles. The number of benzene rings is 6. The zero-order valence-corrected chi connectivity index (χ0v) is 23.0. The molecule has 42 heavy (non-hydrogen) atoms. The van der Waals surface area contributed by atoms with E-state index in [2.05, 4.69) is 101 Å². The van der Waals surface area contributed by atoms with Gasteiger partial charge in [0.1, 0.15) is 5.82 Å². The van der Waals surface area contributed by atoms with Crippen molar-refractivity contribution in [1.29, 1.82) is 0 Å². The van der Waals surface area contributed by atoms with Crippen LogP contribution in [-0.4, -0.2) is 9.55 Å². The predicted molar refractivity (Wildman–Crippen MR) is 175 cm³/mol. The number of fused-ring (bicyclic) bond motifs is 2. The largest absolute Gasteiger partial charge is 0.306 e. The van der Waals surface area contributed by atoms with Crippen LogP contribution in [0.3, 0.4) is 0 Å². The molecule has 200 valence electrons. The third kappa shape index (κ3) is 3.93. The zero-order chi connectivity index (χ0) is 32.4. The minimum absolute atomic E-state index is 0.198. The predicted octanol–water partition coefficient (Wildman–Crippen LogP) is 10.4. The number of aromatic nitrogens is 2. The molecule has 1 aliphatic rings. The van der Waals surface area contributed by atoms with Crippen molar-refractivity contribution in [1.82, 2.24) is 9.55 Å². The second-order valence-corrected chi connectivity index (χ2v) is 10.4. The zero-order valence-electron chi connectivity index (χ0n) is 28.0. The number of aryl methyl sites for hydroxylation is 1. The summed E-state index contributed by atoms with van der Waals surface area (Å²) in [6.07, 6.45) is 0.812. The summed E-state index contributed by atoms with van der Waals surface area (Å²) >= 11 is 0. The number of imidazole rings is 1. The molecule has 3 nitrogen and oxygen atoms in total. The lowest BCUT2D eigenvalue weighted by atomic mass is 9.97. The van der Waals surface area contributed by atoms with Gasteiger partial charge in [-0.05, 0) is 69.8 Å². The Labute approximate surface area is 253 Å². The van der Waals surface area contributed by atoms with Crippen molar-refractivity contribution in [3.63, 3.8) is 0 Å². The molecule has 2 heterocycles. The van der Waals surface area contributed by atoms with Crippen LogP contribution in [0, 0.1) is 0 Å². The molecule has 6 aromatic carbocycles. The quantitative estimate of drug-likeness (QED) is 0.215. The summed E-state index contributed by atoms with van der Waals surface area (Å²) in [5, 5.41) is 0. The molecule has 0 bridgehead atoms. The topological polar surface area (TPSA) is 21.1 Å². The second-order valence-electron chi connectivity index (χ2n) is 10.4. The van der Waals surface area contributed by atoms with Crippen LogP contribution in [0.15, 0.2) is 145 Å². The van der Waals surface area contributed by atoms with Gasteiger partial charge in [0.05, 0.1) is 34.9 Å². The van der Waals surface area contributed by atoms with Crippen molar-refractivity contribution in [2.75, 3.05) is 4.90 Å². The highest BCUT2D eigenvalue weighted by Gasteiger charge is 2.28. The van der Waals surface area contributed by atoms with E-state index in [1.807, 2.05) is 30.3 Å². The molecule has 0 spiro atoms. The van der Waals surface area contributed by atoms with E-state index in [4.69, 9.17) is 11.8 Å². The van der Waals surface area contributed by atoms with Crippen molar-refractivity contribution in [2.24, 2.45) is 0 Å². The lowest BCUT2D eigenvalue weighted by Gasteiger charge is -2.33. The van der Waals surface area contributed by atoms with Crippen molar-refractivity contribution < 1.29 is 6.85 Å². The second kappa shape index (κ2) is 9.90. The van der Waals surface area contributed by atoms with Gasteiger partial charge in [-0.2, -0.15) is 0 Å². The normalized spacial score (nSPS) is 13.6. The number of para-hydroxylation sites is 2. The molecule has 0 amide bonds. The Morgan fingerprint density at radius 2 is 1.19 bits per heavy atom. The van der Waals surface area contributed by atoms with Crippen molar-refractivity contribution in [3.8, 4) is 39.1 Å². The Morgan fingerprint density at radius 3 is 1.86 bits per heavy atom. The van der Waals surface area contributed by atoms with Crippen LogP contribution in [0.2, 0.25) is 0 Å². The summed E-state index contributed by atoms with van der Waals surface area (Å²) in [6, 6.07) is 37.9. The lowest BCUT2D eigenvalue weighted by molar-refractivity contribution is 0.900. The van der Waals surface area contributed by atoms with Gasteiger partial charge in [-0.25, -0.2) is 4.98 Å². The first-order valence-electron chi connectivity index (χ1n) is 16.6. The van der Waals surface area contributed by atoms with Crippen LogP contribution in [0.4, 0.5) is 17.1 Å². The Bertz CT molecular complexity index is 2300. The maximum atomic E-state index is 8.31. The van der Waals surface area contributed by atoms with E-state index in [0.717, 1.165) is 68.3 Å². The third-order valence-electron chi connectivity index (χ3n) is 7.98. The first kappa shape index (κ1) is 19.6.